The average molecular weight is 261 g/mol. The SMILES string of the molecule is CN(C)Cc1ccccc1-c1ccc(C(=O)[O-])cc1.[Li+]. The van der Waals surface area contributed by atoms with Crippen molar-refractivity contribution < 1.29 is 28.8 Å². The first-order valence-corrected chi connectivity index (χ1v) is 6.12. The molecule has 4 heteroatoms. The minimum absolute atomic E-state index is 0. The van der Waals surface area contributed by atoms with Crippen LogP contribution in [0, 0.1) is 0 Å². The van der Waals surface area contributed by atoms with Crippen molar-refractivity contribution in [2.75, 3.05) is 14.1 Å². The normalized spacial score (nSPS) is 10.2. The van der Waals surface area contributed by atoms with Crippen LogP contribution in [0.15, 0.2) is 48.5 Å². The van der Waals surface area contributed by atoms with Gasteiger partial charge in [0.2, 0.25) is 0 Å². The first-order chi connectivity index (χ1) is 9.08. The molecule has 0 aromatic heterocycles. The summed E-state index contributed by atoms with van der Waals surface area (Å²) >= 11 is 0. The molecule has 0 amide bonds. The van der Waals surface area contributed by atoms with Gasteiger partial charge in [-0.25, -0.2) is 0 Å². The Morgan fingerprint density at radius 2 is 1.65 bits per heavy atom. The van der Waals surface area contributed by atoms with E-state index in [1.165, 1.54) is 5.56 Å². The third-order valence-electron chi connectivity index (χ3n) is 2.94. The van der Waals surface area contributed by atoms with E-state index in [2.05, 4.69) is 11.0 Å². The monoisotopic (exact) mass is 261 g/mol. The molecule has 2 aromatic carbocycles. The molecular weight excluding hydrogens is 245 g/mol. The number of carbonyl (C=O) groups is 1. The zero-order valence-corrected chi connectivity index (χ0v) is 12.1. The number of aromatic carboxylic acids is 1. The summed E-state index contributed by atoms with van der Waals surface area (Å²) in [5, 5.41) is 10.7. The van der Waals surface area contributed by atoms with Crippen LogP contribution in [0.4, 0.5) is 0 Å². The summed E-state index contributed by atoms with van der Waals surface area (Å²) < 4.78 is 0. The van der Waals surface area contributed by atoms with Crippen molar-refractivity contribution in [3.8, 4) is 11.1 Å². The fourth-order valence-corrected chi connectivity index (χ4v) is 2.07. The second-order valence-electron chi connectivity index (χ2n) is 4.76. The van der Waals surface area contributed by atoms with Gasteiger partial charge >= 0.3 is 18.9 Å². The van der Waals surface area contributed by atoms with Crippen LogP contribution in [-0.2, 0) is 6.54 Å². The second kappa shape index (κ2) is 7.30. The maximum absolute atomic E-state index is 10.7. The molecule has 3 nitrogen and oxygen atoms in total. The largest absolute Gasteiger partial charge is 1.00 e. The molecule has 0 N–H and O–H groups in total. The van der Waals surface area contributed by atoms with E-state index >= 15 is 0 Å². The van der Waals surface area contributed by atoms with Gasteiger partial charge in [-0.15, -0.1) is 0 Å². The molecule has 0 aliphatic carbocycles. The van der Waals surface area contributed by atoms with Gasteiger partial charge in [-0.2, -0.15) is 0 Å². The van der Waals surface area contributed by atoms with Crippen LogP contribution < -0.4 is 24.0 Å². The van der Waals surface area contributed by atoms with Gasteiger partial charge in [0.15, 0.2) is 0 Å². The van der Waals surface area contributed by atoms with E-state index in [-0.39, 0.29) is 24.4 Å². The molecule has 0 fully saturated rings. The van der Waals surface area contributed by atoms with Crippen LogP contribution in [0.25, 0.3) is 11.1 Å². The average Bonchev–Trinajstić information content (AvgIpc) is 2.39. The Balaban J connectivity index is 0.00000200. The van der Waals surface area contributed by atoms with Crippen LogP contribution in [0.5, 0.6) is 0 Å². The molecule has 0 aliphatic heterocycles. The number of carboxylic acids is 1. The molecular formula is C16H16LiNO2. The van der Waals surface area contributed by atoms with Gasteiger partial charge in [0, 0.05) is 6.54 Å². The smallest absolute Gasteiger partial charge is 0.545 e. The Morgan fingerprint density at radius 1 is 1.05 bits per heavy atom. The molecule has 0 bridgehead atoms. The molecule has 0 atom stereocenters. The first kappa shape index (κ1) is 16.5. The fourth-order valence-electron chi connectivity index (χ4n) is 2.07. The van der Waals surface area contributed by atoms with E-state index in [4.69, 9.17) is 0 Å². The number of nitrogens with zero attached hydrogens (tertiary/aromatic N) is 1. The van der Waals surface area contributed by atoms with E-state index in [1.807, 2.05) is 44.4 Å². The van der Waals surface area contributed by atoms with Crippen molar-refractivity contribution in [1.82, 2.24) is 4.90 Å². The van der Waals surface area contributed by atoms with Crippen molar-refractivity contribution >= 4 is 5.97 Å². The predicted molar refractivity (Wildman–Crippen MR) is 73.6 cm³/mol. The predicted octanol–water partition coefficient (Wildman–Crippen LogP) is -1.22. The fraction of sp³-hybridized carbons (Fsp3) is 0.188. The Morgan fingerprint density at radius 3 is 2.20 bits per heavy atom. The van der Waals surface area contributed by atoms with Gasteiger partial charge in [0.05, 0.1) is 5.97 Å². The zero-order valence-electron chi connectivity index (χ0n) is 12.1. The number of hydrogen-bond acceptors (Lipinski definition) is 3. The number of benzene rings is 2. The Hall–Kier alpha value is -1.53. The Labute approximate surface area is 131 Å². The number of carboxylic acid groups (broad SMARTS) is 1. The summed E-state index contributed by atoms with van der Waals surface area (Å²) in [7, 11) is 4.05. The standard InChI is InChI=1S/C16H17NO2.Li/c1-17(2)11-14-5-3-4-6-15(14)12-7-9-13(10-8-12)16(18)19;/h3-10H,11H2,1-2H3,(H,18,19);/q;+1/p-1. The van der Waals surface area contributed by atoms with Crippen LogP contribution in [0.1, 0.15) is 15.9 Å². The van der Waals surface area contributed by atoms with Crippen LogP contribution in [-0.4, -0.2) is 25.0 Å². The number of hydrogen-bond donors (Lipinski definition) is 0. The van der Waals surface area contributed by atoms with Gasteiger partial charge in [0.1, 0.15) is 0 Å². The quantitative estimate of drug-likeness (QED) is 0.648. The van der Waals surface area contributed by atoms with E-state index in [0.717, 1.165) is 17.7 Å². The Bertz CT molecular complexity index is 579. The molecule has 0 heterocycles. The topological polar surface area (TPSA) is 43.4 Å². The molecule has 0 saturated heterocycles. The van der Waals surface area contributed by atoms with Gasteiger partial charge in [-0.3, -0.25) is 0 Å². The van der Waals surface area contributed by atoms with Crippen molar-refractivity contribution in [3.05, 3.63) is 59.7 Å². The first-order valence-electron chi connectivity index (χ1n) is 6.12. The van der Waals surface area contributed by atoms with Crippen molar-refractivity contribution in [1.29, 1.82) is 0 Å². The molecule has 0 saturated carbocycles. The van der Waals surface area contributed by atoms with Crippen LogP contribution >= 0.6 is 0 Å². The Kier molecular flexibility index (Phi) is 6.03. The minimum Gasteiger partial charge on any atom is -0.545 e. The van der Waals surface area contributed by atoms with Crippen LogP contribution in [0.2, 0.25) is 0 Å². The molecule has 2 aromatic rings. The van der Waals surface area contributed by atoms with E-state index in [1.54, 1.807) is 12.1 Å². The minimum atomic E-state index is -1.15. The molecule has 98 valence electrons. The number of carbonyl (C=O) groups excluding carboxylic acids is 1. The summed E-state index contributed by atoms with van der Waals surface area (Å²) in [6.45, 7) is 0.846. The molecule has 0 unspecified atom stereocenters. The van der Waals surface area contributed by atoms with Gasteiger partial charge in [-0.05, 0) is 36.3 Å². The zero-order chi connectivity index (χ0) is 13.8. The number of rotatable bonds is 4. The molecule has 2 rings (SSSR count). The summed E-state index contributed by atoms with van der Waals surface area (Å²) in [5.74, 6) is -1.15. The van der Waals surface area contributed by atoms with E-state index in [0.29, 0.717) is 0 Å². The molecule has 0 radical (unpaired) electrons. The summed E-state index contributed by atoms with van der Waals surface area (Å²) in [6, 6.07) is 14.9. The van der Waals surface area contributed by atoms with Crippen molar-refractivity contribution in [2.24, 2.45) is 0 Å². The molecule has 20 heavy (non-hydrogen) atoms. The van der Waals surface area contributed by atoms with Gasteiger partial charge < -0.3 is 14.8 Å². The van der Waals surface area contributed by atoms with Gasteiger partial charge in [-0.1, -0.05) is 48.5 Å². The third-order valence-corrected chi connectivity index (χ3v) is 2.94. The summed E-state index contributed by atoms with van der Waals surface area (Å²) in [4.78, 5) is 12.8. The summed E-state index contributed by atoms with van der Waals surface area (Å²) in [6.07, 6.45) is 0. The maximum atomic E-state index is 10.7. The van der Waals surface area contributed by atoms with Crippen molar-refractivity contribution in [3.63, 3.8) is 0 Å². The maximum Gasteiger partial charge on any atom is 1.00 e. The molecule has 0 spiro atoms. The second-order valence-corrected chi connectivity index (χ2v) is 4.76. The molecule has 0 aliphatic rings. The van der Waals surface area contributed by atoms with Gasteiger partial charge in [0.25, 0.3) is 0 Å². The summed E-state index contributed by atoms with van der Waals surface area (Å²) in [5.41, 5.74) is 3.56. The van der Waals surface area contributed by atoms with E-state index < -0.39 is 5.97 Å². The van der Waals surface area contributed by atoms with Crippen LogP contribution in [0.3, 0.4) is 0 Å². The van der Waals surface area contributed by atoms with Crippen molar-refractivity contribution in [2.45, 2.75) is 6.54 Å². The third kappa shape index (κ3) is 3.98. The van der Waals surface area contributed by atoms with E-state index in [9.17, 15) is 9.90 Å².